The van der Waals surface area contributed by atoms with Gasteiger partial charge in [-0.2, -0.15) is 0 Å². The number of aromatic nitrogens is 1. The molecule has 0 saturated carbocycles. The summed E-state index contributed by atoms with van der Waals surface area (Å²) in [6.45, 7) is 0.0220. The first-order chi connectivity index (χ1) is 6.69. The molecule has 0 unspecified atom stereocenters. The van der Waals surface area contributed by atoms with Crippen LogP contribution in [0.1, 0.15) is 10.4 Å². The summed E-state index contributed by atoms with van der Waals surface area (Å²) in [6.07, 6.45) is 1.37. The van der Waals surface area contributed by atoms with Crippen molar-refractivity contribution in [2.75, 3.05) is 13.7 Å². The first-order valence-electron chi connectivity index (χ1n) is 4.08. The molecule has 0 amide bonds. The molecule has 0 saturated heterocycles. The third-order valence-electron chi connectivity index (χ3n) is 1.75. The molecule has 0 aliphatic heterocycles. The number of carbonyl (C=O) groups excluding carboxylic acids is 1. The Kier molecular flexibility index (Phi) is 3.41. The minimum atomic E-state index is -0.503. The molecule has 0 aromatic carbocycles. The van der Waals surface area contributed by atoms with Crippen molar-refractivity contribution in [1.82, 2.24) is 4.57 Å². The fourth-order valence-electron chi connectivity index (χ4n) is 1.05. The van der Waals surface area contributed by atoms with E-state index in [9.17, 15) is 9.59 Å². The van der Waals surface area contributed by atoms with Gasteiger partial charge in [0.05, 0.1) is 19.3 Å². The molecule has 1 N–H and O–H groups in total. The maximum Gasteiger partial charge on any atom is 0.339 e. The number of hydrogen-bond acceptors (Lipinski definition) is 4. The largest absolute Gasteiger partial charge is 0.465 e. The highest BCUT2D eigenvalue weighted by molar-refractivity contribution is 5.88. The predicted molar refractivity (Wildman–Crippen MR) is 49.1 cm³/mol. The van der Waals surface area contributed by atoms with Gasteiger partial charge in [-0.05, 0) is 6.07 Å². The van der Waals surface area contributed by atoms with E-state index in [2.05, 4.69) is 4.74 Å². The summed E-state index contributed by atoms with van der Waals surface area (Å²) in [5, 5.41) is 8.65. The Morgan fingerprint density at radius 2 is 2.29 bits per heavy atom. The van der Waals surface area contributed by atoms with Gasteiger partial charge >= 0.3 is 5.97 Å². The Hall–Kier alpha value is -1.62. The first kappa shape index (κ1) is 10.5. The zero-order valence-electron chi connectivity index (χ0n) is 7.77. The Morgan fingerprint density at radius 3 is 2.86 bits per heavy atom. The number of nitrogens with zero attached hydrogens (tertiary/aromatic N) is 1. The summed E-state index contributed by atoms with van der Waals surface area (Å²) >= 11 is 0. The van der Waals surface area contributed by atoms with Crippen molar-refractivity contribution in [2.45, 2.75) is 6.54 Å². The van der Waals surface area contributed by atoms with Gasteiger partial charge in [-0.25, -0.2) is 4.79 Å². The maximum absolute atomic E-state index is 11.2. The Balaban J connectivity index is 3.06. The van der Waals surface area contributed by atoms with Crippen LogP contribution in [0.3, 0.4) is 0 Å². The van der Waals surface area contributed by atoms with Gasteiger partial charge in [-0.15, -0.1) is 0 Å². The molecule has 14 heavy (non-hydrogen) atoms. The summed E-state index contributed by atoms with van der Waals surface area (Å²) < 4.78 is 5.75. The molecule has 1 aromatic heterocycles. The fourth-order valence-corrected chi connectivity index (χ4v) is 1.05. The van der Waals surface area contributed by atoms with Crippen molar-refractivity contribution in [1.29, 1.82) is 0 Å². The van der Waals surface area contributed by atoms with Gasteiger partial charge in [-0.1, -0.05) is 0 Å². The molecule has 76 valence electrons. The van der Waals surface area contributed by atoms with E-state index in [-0.39, 0.29) is 18.7 Å². The van der Waals surface area contributed by atoms with Crippen LogP contribution in [0.5, 0.6) is 0 Å². The molecule has 1 rings (SSSR count). The number of methoxy groups -OCH3 is 1. The average molecular weight is 197 g/mol. The number of hydrogen-bond donors (Lipinski definition) is 1. The highest BCUT2D eigenvalue weighted by atomic mass is 16.5. The number of aliphatic hydroxyl groups is 1. The first-order valence-corrected chi connectivity index (χ1v) is 4.08. The van der Waals surface area contributed by atoms with E-state index in [0.29, 0.717) is 5.56 Å². The van der Waals surface area contributed by atoms with E-state index in [4.69, 9.17) is 5.11 Å². The normalized spacial score (nSPS) is 9.86. The summed E-state index contributed by atoms with van der Waals surface area (Å²) in [4.78, 5) is 22.3. The van der Waals surface area contributed by atoms with Crippen LogP contribution < -0.4 is 5.56 Å². The van der Waals surface area contributed by atoms with Crippen LogP contribution in [0.2, 0.25) is 0 Å². The summed E-state index contributed by atoms with van der Waals surface area (Å²) in [5.74, 6) is -0.503. The Labute approximate surface area is 80.6 Å². The highest BCUT2D eigenvalue weighted by Crippen LogP contribution is 1.97. The summed E-state index contributed by atoms with van der Waals surface area (Å²) in [7, 11) is 1.27. The monoisotopic (exact) mass is 197 g/mol. The smallest absolute Gasteiger partial charge is 0.339 e. The molecule has 0 aliphatic rings. The molecular formula is C9H11NO4. The minimum Gasteiger partial charge on any atom is -0.465 e. The van der Waals surface area contributed by atoms with Crippen LogP contribution in [0.15, 0.2) is 23.1 Å². The molecule has 0 aliphatic carbocycles. The molecule has 0 fully saturated rings. The Morgan fingerprint density at radius 1 is 1.57 bits per heavy atom. The molecule has 0 spiro atoms. The van der Waals surface area contributed by atoms with Crippen molar-refractivity contribution >= 4 is 5.97 Å². The van der Waals surface area contributed by atoms with Crippen molar-refractivity contribution in [3.63, 3.8) is 0 Å². The van der Waals surface area contributed by atoms with Crippen LogP contribution >= 0.6 is 0 Å². The second-order valence-electron chi connectivity index (χ2n) is 2.66. The quantitative estimate of drug-likeness (QED) is 0.671. The van der Waals surface area contributed by atoms with Crippen LogP contribution in [-0.2, 0) is 11.3 Å². The number of pyridine rings is 1. The van der Waals surface area contributed by atoms with Crippen molar-refractivity contribution < 1.29 is 14.6 Å². The average Bonchev–Trinajstić information content (AvgIpc) is 2.20. The molecule has 1 heterocycles. The molecule has 0 atom stereocenters. The third-order valence-corrected chi connectivity index (χ3v) is 1.75. The maximum atomic E-state index is 11.2. The topological polar surface area (TPSA) is 68.5 Å². The van der Waals surface area contributed by atoms with Gasteiger partial charge in [0, 0.05) is 18.8 Å². The molecule has 5 nitrogen and oxygen atoms in total. The minimum absolute atomic E-state index is 0.148. The van der Waals surface area contributed by atoms with Crippen LogP contribution in [0.25, 0.3) is 0 Å². The van der Waals surface area contributed by atoms with Crippen LogP contribution in [0.4, 0.5) is 0 Å². The van der Waals surface area contributed by atoms with Crippen LogP contribution in [-0.4, -0.2) is 29.4 Å². The van der Waals surface area contributed by atoms with Gasteiger partial charge < -0.3 is 14.4 Å². The molecular weight excluding hydrogens is 186 g/mol. The van der Waals surface area contributed by atoms with E-state index in [1.54, 1.807) is 0 Å². The van der Waals surface area contributed by atoms with Gasteiger partial charge in [0.15, 0.2) is 0 Å². The van der Waals surface area contributed by atoms with E-state index in [1.807, 2.05) is 0 Å². The molecule has 1 aromatic rings. The highest BCUT2D eigenvalue weighted by Gasteiger charge is 2.06. The van der Waals surface area contributed by atoms with Gasteiger partial charge in [0.25, 0.3) is 5.56 Å². The molecule has 0 radical (unpaired) electrons. The lowest BCUT2D eigenvalue weighted by Crippen LogP contribution is -2.21. The van der Waals surface area contributed by atoms with E-state index in [0.717, 1.165) is 0 Å². The number of rotatable bonds is 3. The van der Waals surface area contributed by atoms with Crippen LogP contribution in [0, 0.1) is 0 Å². The van der Waals surface area contributed by atoms with Crippen molar-refractivity contribution in [3.8, 4) is 0 Å². The zero-order chi connectivity index (χ0) is 10.6. The zero-order valence-corrected chi connectivity index (χ0v) is 7.77. The number of carbonyl (C=O) groups is 1. The van der Waals surface area contributed by atoms with Gasteiger partial charge in [-0.3, -0.25) is 4.79 Å². The van der Waals surface area contributed by atoms with Crippen molar-refractivity contribution in [2.24, 2.45) is 0 Å². The third kappa shape index (κ3) is 2.20. The molecule has 0 bridgehead atoms. The van der Waals surface area contributed by atoms with Gasteiger partial charge in [0.1, 0.15) is 0 Å². The number of esters is 1. The lowest BCUT2D eigenvalue weighted by atomic mass is 10.3. The SMILES string of the molecule is COC(=O)c1ccc(=O)n(CCO)c1. The summed E-state index contributed by atoms with van der Waals surface area (Å²) in [5.41, 5.74) is 0.0345. The van der Waals surface area contributed by atoms with E-state index >= 15 is 0 Å². The van der Waals surface area contributed by atoms with Crippen molar-refractivity contribution in [3.05, 3.63) is 34.2 Å². The second kappa shape index (κ2) is 4.57. The standard InChI is InChI=1S/C9H11NO4/c1-14-9(13)7-2-3-8(12)10(6-7)4-5-11/h2-3,6,11H,4-5H2,1H3. The summed E-state index contributed by atoms with van der Waals surface area (Å²) in [6, 6.07) is 2.66. The lowest BCUT2D eigenvalue weighted by molar-refractivity contribution is 0.0599. The molecule has 5 heteroatoms. The Bertz CT molecular complexity index is 383. The number of ether oxygens (including phenoxy) is 1. The fraction of sp³-hybridized carbons (Fsp3) is 0.333. The number of aliphatic hydroxyl groups excluding tert-OH is 1. The van der Waals surface area contributed by atoms with Gasteiger partial charge in [0.2, 0.25) is 0 Å². The predicted octanol–water partition coefficient (Wildman–Crippen LogP) is -0.373. The second-order valence-corrected chi connectivity index (χ2v) is 2.66. The van der Waals surface area contributed by atoms with E-state index < -0.39 is 5.97 Å². The van der Waals surface area contributed by atoms with E-state index in [1.165, 1.54) is 30.0 Å². The lowest BCUT2D eigenvalue weighted by Gasteiger charge is -2.04.